The van der Waals surface area contributed by atoms with Crippen LogP contribution in [0.4, 0.5) is 5.69 Å². The number of pyridine rings is 1. The Hall–Kier alpha value is -2.88. The Bertz CT molecular complexity index is 1230. The molecule has 0 radical (unpaired) electrons. The van der Waals surface area contributed by atoms with Crippen LogP contribution in [0.15, 0.2) is 47.2 Å². The number of aromatic nitrogens is 2. The molecule has 0 saturated heterocycles. The van der Waals surface area contributed by atoms with Crippen molar-refractivity contribution in [3.63, 3.8) is 0 Å². The largest absolute Gasteiger partial charge is 0.320 e. The molecule has 166 valence electrons. The summed E-state index contributed by atoms with van der Waals surface area (Å²) >= 11 is 15.8. The molecular formula is C21H18BrCl2N5O3. The number of carbonyl (C=O) groups is 3. The molecule has 0 saturated carbocycles. The number of halogens is 3. The first-order chi connectivity index (χ1) is 15.1. The Balaban J connectivity index is 2.02. The molecule has 2 aromatic heterocycles. The number of hydrazine groups is 1. The predicted octanol–water partition coefficient (Wildman–Crippen LogP) is 4.63. The molecule has 1 aromatic carbocycles. The van der Waals surface area contributed by atoms with Gasteiger partial charge in [0.05, 0.1) is 16.3 Å². The molecular weight excluding hydrogens is 521 g/mol. The van der Waals surface area contributed by atoms with Gasteiger partial charge in [-0.3, -0.25) is 29.4 Å². The van der Waals surface area contributed by atoms with Crippen LogP contribution in [-0.4, -0.2) is 39.3 Å². The van der Waals surface area contributed by atoms with Crippen LogP contribution in [0.3, 0.4) is 0 Å². The molecule has 0 fully saturated rings. The number of aryl methyl sites for hydroxylation is 1. The maximum Gasteiger partial charge on any atom is 0.274 e. The monoisotopic (exact) mass is 537 g/mol. The average molecular weight is 539 g/mol. The van der Waals surface area contributed by atoms with Gasteiger partial charge in [-0.15, -0.1) is 0 Å². The Kier molecular flexibility index (Phi) is 7.22. The lowest BCUT2D eigenvalue weighted by atomic mass is 10.1. The van der Waals surface area contributed by atoms with Crippen molar-refractivity contribution in [2.24, 2.45) is 0 Å². The highest BCUT2D eigenvalue weighted by Gasteiger charge is 2.23. The van der Waals surface area contributed by atoms with Crippen LogP contribution in [-0.2, 0) is 4.79 Å². The quantitative estimate of drug-likeness (QED) is 0.473. The van der Waals surface area contributed by atoms with Gasteiger partial charge in [-0.25, -0.2) is 4.98 Å². The first kappa shape index (κ1) is 23.8. The van der Waals surface area contributed by atoms with Crippen LogP contribution in [0.25, 0.3) is 5.82 Å². The minimum atomic E-state index is -0.551. The molecule has 0 aliphatic heterocycles. The summed E-state index contributed by atoms with van der Waals surface area (Å²) in [5.74, 6) is -1.09. The van der Waals surface area contributed by atoms with Gasteiger partial charge in [0.2, 0.25) is 5.91 Å². The molecule has 2 heterocycles. The van der Waals surface area contributed by atoms with Crippen molar-refractivity contribution in [3.05, 3.63) is 74.1 Å². The van der Waals surface area contributed by atoms with E-state index < -0.39 is 17.7 Å². The third-order valence-corrected chi connectivity index (χ3v) is 5.33. The summed E-state index contributed by atoms with van der Waals surface area (Å²) in [4.78, 5) is 41.8. The first-order valence-corrected chi connectivity index (χ1v) is 10.8. The van der Waals surface area contributed by atoms with Crippen molar-refractivity contribution in [2.75, 3.05) is 12.4 Å². The van der Waals surface area contributed by atoms with Crippen molar-refractivity contribution in [1.82, 2.24) is 20.0 Å². The molecule has 32 heavy (non-hydrogen) atoms. The summed E-state index contributed by atoms with van der Waals surface area (Å²) in [5, 5.41) is 4.48. The normalized spacial score (nSPS) is 10.6. The van der Waals surface area contributed by atoms with Crippen LogP contribution in [0.2, 0.25) is 10.0 Å². The molecule has 3 rings (SSSR count). The van der Waals surface area contributed by atoms with Gasteiger partial charge in [-0.05, 0) is 58.7 Å². The second-order valence-electron chi connectivity index (χ2n) is 6.85. The highest BCUT2D eigenvalue weighted by molar-refractivity contribution is 9.10. The van der Waals surface area contributed by atoms with Crippen molar-refractivity contribution < 1.29 is 14.4 Å². The van der Waals surface area contributed by atoms with Crippen LogP contribution in [0.1, 0.15) is 33.3 Å². The highest BCUT2D eigenvalue weighted by Crippen LogP contribution is 2.29. The van der Waals surface area contributed by atoms with Gasteiger partial charge >= 0.3 is 0 Å². The molecule has 0 unspecified atom stereocenters. The topological polar surface area (TPSA) is 96.3 Å². The van der Waals surface area contributed by atoms with E-state index in [-0.39, 0.29) is 16.9 Å². The number of hydrogen-bond acceptors (Lipinski definition) is 4. The van der Waals surface area contributed by atoms with Gasteiger partial charge in [0.1, 0.15) is 5.69 Å². The third kappa shape index (κ3) is 5.12. The number of benzene rings is 1. The Morgan fingerprint density at radius 1 is 1.19 bits per heavy atom. The summed E-state index contributed by atoms with van der Waals surface area (Å²) in [7, 11) is 1.40. The minimum absolute atomic E-state index is 0.118. The summed E-state index contributed by atoms with van der Waals surface area (Å²) < 4.78 is 2.18. The second-order valence-corrected chi connectivity index (χ2v) is 8.61. The van der Waals surface area contributed by atoms with Crippen molar-refractivity contribution in [2.45, 2.75) is 13.8 Å². The number of hydrogen-bond donors (Lipinski definition) is 2. The number of rotatable bonds is 4. The van der Waals surface area contributed by atoms with E-state index in [0.717, 1.165) is 5.01 Å². The van der Waals surface area contributed by atoms with Crippen LogP contribution >= 0.6 is 39.1 Å². The molecule has 3 amide bonds. The molecule has 0 bridgehead atoms. The van der Waals surface area contributed by atoms with Gasteiger partial charge < -0.3 is 5.32 Å². The molecule has 11 heteroatoms. The van der Waals surface area contributed by atoms with Gasteiger partial charge in [-0.1, -0.05) is 23.2 Å². The zero-order valence-electron chi connectivity index (χ0n) is 17.2. The molecule has 0 spiro atoms. The van der Waals surface area contributed by atoms with Gasteiger partial charge in [-0.2, -0.15) is 0 Å². The Morgan fingerprint density at radius 3 is 2.56 bits per heavy atom. The second kappa shape index (κ2) is 9.72. The van der Waals surface area contributed by atoms with E-state index in [2.05, 4.69) is 31.7 Å². The maximum atomic E-state index is 13.2. The van der Waals surface area contributed by atoms with E-state index in [0.29, 0.717) is 25.9 Å². The molecule has 0 atom stereocenters. The smallest absolute Gasteiger partial charge is 0.274 e. The highest BCUT2D eigenvalue weighted by atomic mass is 79.9. The third-order valence-electron chi connectivity index (χ3n) is 4.39. The molecule has 0 aliphatic carbocycles. The number of nitrogens with one attached hydrogen (secondary N) is 2. The van der Waals surface area contributed by atoms with Crippen LogP contribution in [0, 0.1) is 6.92 Å². The average Bonchev–Trinajstić information content (AvgIpc) is 3.10. The molecule has 8 nitrogen and oxygen atoms in total. The number of nitrogens with zero attached hydrogens (tertiary/aromatic N) is 3. The SMILES string of the molecule is CC(=O)NN(C)C(=O)c1cc(Cl)cc(C)c1NC(=O)c1cc(Br)cn1-c1ncccc1Cl. The van der Waals surface area contributed by atoms with E-state index >= 15 is 0 Å². The summed E-state index contributed by atoms with van der Waals surface area (Å²) in [5.41, 5.74) is 3.57. The van der Waals surface area contributed by atoms with Gasteiger partial charge in [0, 0.05) is 35.9 Å². The standard InChI is InChI=1S/C21H18BrCl2N5O3/c1-11-7-14(23)9-15(21(32)28(3)27-12(2)30)18(11)26-20(31)17-8-13(22)10-29(17)19-16(24)5-4-6-25-19/h4-10H,1-3H3,(H,26,31)(H,27,30). The van der Waals surface area contributed by atoms with Gasteiger partial charge in [0.15, 0.2) is 5.82 Å². The fourth-order valence-electron chi connectivity index (χ4n) is 3.06. The van der Waals surface area contributed by atoms with E-state index in [1.807, 2.05) is 0 Å². The predicted molar refractivity (Wildman–Crippen MR) is 126 cm³/mol. The van der Waals surface area contributed by atoms with Gasteiger partial charge in [0.25, 0.3) is 11.8 Å². The van der Waals surface area contributed by atoms with E-state index in [4.69, 9.17) is 23.2 Å². The summed E-state index contributed by atoms with van der Waals surface area (Å²) in [6.45, 7) is 2.99. The van der Waals surface area contributed by atoms with Crippen LogP contribution < -0.4 is 10.7 Å². The lowest BCUT2D eigenvalue weighted by molar-refractivity contribution is -0.122. The van der Waals surface area contributed by atoms with Crippen molar-refractivity contribution in [3.8, 4) is 5.82 Å². The number of amides is 3. The van der Waals surface area contributed by atoms with E-state index in [1.165, 1.54) is 24.6 Å². The lowest BCUT2D eigenvalue weighted by Gasteiger charge is -2.21. The maximum absolute atomic E-state index is 13.2. The van der Waals surface area contributed by atoms with Crippen molar-refractivity contribution in [1.29, 1.82) is 0 Å². The first-order valence-electron chi connectivity index (χ1n) is 9.24. The molecule has 3 aromatic rings. The summed E-state index contributed by atoms with van der Waals surface area (Å²) in [6, 6.07) is 8.00. The minimum Gasteiger partial charge on any atom is -0.320 e. The van der Waals surface area contributed by atoms with E-state index in [9.17, 15) is 14.4 Å². The zero-order valence-corrected chi connectivity index (χ0v) is 20.3. The van der Waals surface area contributed by atoms with Crippen LogP contribution in [0.5, 0.6) is 0 Å². The Labute approximate surface area is 202 Å². The fourth-order valence-corrected chi connectivity index (χ4v) is 3.96. The zero-order chi connectivity index (χ0) is 23.6. The van der Waals surface area contributed by atoms with E-state index in [1.54, 1.807) is 43.6 Å². The fraction of sp³-hybridized carbons (Fsp3) is 0.143. The number of anilines is 1. The van der Waals surface area contributed by atoms with Crippen molar-refractivity contribution >= 4 is 62.5 Å². The summed E-state index contributed by atoms with van der Waals surface area (Å²) in [6.07, 6.45) is 3.23. The molecule has 0 aliphatic rings. The molecule has 2 N–H and O–H groups in total. The Morgan fingerprint density at radius 2 is 1.91 bits per heavy atom. The number of carbonyl (C=O) groups excluding carboxylic acids is 3. The lowest BCUT2D eigenvalue weighted by Crippen LogP contribution is -2.42.